The number of amides is 1. The fourth-order valence-electron chi connectivity index (χ4n) is 4.44. The first-order valence-corrected chi connectivity index (χ1v) is 14.8. The minimum atomic E-state index is -0.0990. The quantitative estimate of drug-likeness (QED) is 0.171. The van der Waals surface area contributed by atoms with Crippen molar-refractivity contribution in [1.82, 2.24) is 0 Å². The van der Waals surface area contributed by atoms with Gasteiger partial charge in [0.1, 0.15) is 5.75 Å². The summed E-state index contributed by atoms with van der Waals surface area (Å²) in [7, 11) is 0. The van der Waals surface area contributed by atoms with Gasteiger partial charge in [-0.25, -0.2) is 0 Å². The minimum Gasteiger partial charge on any atom is -0.493 e. The van der Waals surface area contributed by atoms with Crippen molar-refractivity contribution >= 4 is 22.9 Å². The molecule has 0 radical (unpaired) electrons. The molecule has 1 heterocycles. The van der Waals surface area contributed by atoms with Crippen LogP contribution in [0.4, 0.5) is 5.69 Å². The second kappa shape index (κ2) is 14.3. The van der Waals surface area contributed by atoms with Crippen LogP contribution >= 0.6 is 11.3 Å². The number of nitrogens with one attached hydrogen (secondary N) is 1. The Morgan fingerprint density at radius 2 is 1.62 bits per heavy atom. The molecule has 200 valence electrons. The van der Waals surface area contributed by atoms with E-state index in [1.54, 1.807) is 11.3 Å². The van der Waals surface area contributed by atoms with Crippen LogP contribution in [0.1, 0.15) is 105 Å². The molecular weight excluding hydrogens is 476 g/mol. The van der Waals surface area contributed by atoms with Crippen molar-refractivity contribution in [3.05, 3.63) is 75.7 Å². The van der Waals surface area contributed by atoms with E-state index in [1.807, 2.05) is 36.4 Å². The molecule has 1 N–H and O–H groups in total. The van der Waals surface area contributed by atoms with Gasteiger partial charge in [0.2, 0.25) is 5.51 Å². The van der Waals surface area contributed by atoms with Crippen LogP contribution in [-0.4, -0.2) is 12.5 Å². The number of carbonyl (C=O) groups excluding carboxylic acids is 1. The highest BCUT2D eigenvalue weighted by atomic mass is 32.1. The van der Waals surface area contributed by atoms with Gasteiger partial charge in [0, 0.05) is 22.4 Å². The van der Waals surface area contributed by atoms with Crippen molar-refractivity contribution in [2.45, 2.75) is 97.9 Å². The zero-order chi connectivity index (χ0) is 26.7. The molecule has 0 bridgehead atoms. The Hall–Kier alpha value is -2.66. The summed E-state index contributed by atoms with van der Waals surface area (Å²) in [5.74, 6) is 0.817. The molecule has 0 saturated carbocycles. The zero-order valence-electron chi connectivity index (χ0n) is 23.4. The van der Waals surface area contributed by atoms with Crippen LogP contribution in [0, 0.1) is 6.92 Å². The SMILES string of the molecule is CCCCCCCCCCOc1ccc(NC(=O)c2ccc(C[n+]3csc(C)c3)cc2)cc1C(C)(C)C. The van der Waals surface area contributed by atoms with E-state index in [1.165, 1.54) is 55.4 Å². The summed E-state index contributed by atoms with van der Waals surface area (Å²) in [5, 5.41) is 3.08. The van der Waals surface area contributed by atoms with Crippen molar-refractivity contribution in [3.63, 3.8) is 0 Å². The van der Waals surface area contributed by atoms with Gasteiger partial charge in [0.25, 0.3) is 5.91 Å². The van der Waals surface area contributed by atoms with Gasteiger partial charge >= 0.3 is 0 Å². The number of anilines is 1. The Bertz CT molecular complexity index is 1110. The van der Waals surface area contributed by atoms with Crippen molar-refractivity contribution in [2.24, 2.45) is 0 Å². The molecule has 37 heavy (non-hydrogen) atoms. The molecule has 2 aromatic carbocycles. The molecule has 1 aromatic heterocycles. The lowest BCUT2D eigenvalue weighted by atomic mass is 9.86. The summed E-state index contributed by atoms with van der Waals surface area (Å²) in [6.45, 7) is 12.5. The number of thiazole rings is 1. The van der Waals surface area contributed by atoms with E-state index in [0.29, 0.717) is 5.56 Å². The summed E-state index contributed by atoms with van der Waals surface area (Å²) in [6, 6.07) is 13.9. The Balaban J connectivity index is 1.54. The van der Waals surface area contributed by atoms with Gasteiger partial charge in [0.15, 0.2) is 12.7 Å². The lowest BCUT2D eigenvalue weighted by Crippen LogP contribution is -2.30. The maximum absolute atomic E-state index is 12.9. The molecule has 0 spiro atoms. The average molecular weight is 522 g/mol. The monoisotopic (exact) mass is 521 g/mol. The molecule has 3 rings (SSSR count). The molecule has 4 nitrogen and oxygen atoms in total. The predicted octanol–water partition coefficient (Wildman–Crippen LogP) is 8.46. The number of ether oxygens (including phenoxy) is 1. The van der Waals surface area contributed by atoms with Crippen LogP contribution in [0.3, 0.4) is 0 Å². The van der Waals surface area contributed by atoms with Gasteiger partial charge < -0.3 is 10.1 Å². The van der Waals surface area contributed by atoms with Gasteiger partial charge in [-0.1, -0.05) is 96.1 Å². The topological polar surface area (TPSA) is 42.2 Å². The van der Waals surface area contributed by atoms with Gasteiger partial charge in [-0.05, 0) is 49.1 Å². The Morgan fingerprint density at radius 3 is 2.24 bits per heavy atom. The summed E-state index contributed by atoms with van der Waals surface area (Å²) in [6.07, 6.45) is 12.4. The Kier molecular flexibility index (Phi) is 11.2. The van der Waals surface area contributed by atoms with E-state index >= 15 is 0 Å². The van der Waals surface area contributed by atoms with E-state index in [-0.39, 0.29) is 11.3 Å². The predicted molar refractivity (Wildman–Crippen MR) is 156 cm³/mol. The molecule has 5 heteroatoms. The third-order valence-corrected chi connectivity index (χ3v) is 7.46. The number of benzene rings is 2. The van der Waals surface area contributed by atoms with Crippen LogP contribution in [-0.2, 0) is 12.0 Å². The van der Waals surface area contributed by atoms with Crippen molar-refractivity contribution in [3.8, 4) is 5.75 Å². The van der Waals surface area contributed by atoms with Gasteiger partial charge in [-0.3, -0.25) is 4.79 Å². The fraction of sp³-hybridized carbons (Fsp3) is 0.500. The zero-order valence-corrected chi connectivity index (χ0v) is 24.3. The molecule has 0 atom stereocenters. The number of aryl methyl sites for hydroxylation is 1. The Labute approximate surface area is 228 Å². The number of aromatic nitrogens is 1. The summed E-state index contributed by atoms with van der Waals surface area (Å²) in [5.41, 5.74) is 5.77. The molecule has 0 saturated heterocycles. The van der Waals surface area contributed by atoms with Gasteiger partial charge in [0.05, 0.1) is 11.5 Å². The average Bonchev–Trinajstić information content (AvgIpc) is 3.27. The lowest BCUT2D eigenvalue weighted by molar-refractivity contribution is -0.683. The number of nitrogens with zero attached hydrogens (tertiary/aromatic N) is 1. The molecule has 3 aromatic rings. The number of unbranched alkanes of at least 4 members (excludes halogenated alkanes) is 7. The highest BCUT2D eigenvalue weighted by Crippen LogP contribution is 2.34. The van der Waals surface area contributed by atoms with Gasteiger partial charge in [-0.2, -0.15) is 4.57 Å². The number of hydrogen-bond donors (Lipinski definition) is 1. The van der Waals surface area contributed by atoms with Crippen molar-refractivity contribution in [1.29, 1.82) is 0 Å². The fourth-order valence-corrected chi connectivity index (χ4v) is 5.07. The molecule has 0 aliphatic heterocycles. The maximum atomic E-state index is 12.9. The second-order valence-corrected chi connectivity index (χ2v) is 12.2. The third-order valence-electron chi connectivity index (χ3n) is 6.60. The van der Waals surface area contributed by atoms with Gasteiger partial charge in [-0.15, -0.1) is 0 Å². The highest BCUT2D eigenvalue weighted by molar-refractivity contribution is 7.09. The normalized spacial score (nSPS) is 11.5. The molecule has 0 aliphatic rings. The molecule has 0 unspecified atom stereocenters. The summed E-state index contributed by atoms with van der Waals surface area (Å²) in [4.78, 5) is 14.2. The van der Waals surface area contributed by atoms with Crippen LogP contribution in [0.25, 0.3) is 0 Å². The molecule has 1 amide bonds. The maximum Gasteiger partial charge on any atom is 0.255 e. The van der Waals surface area contributed by atoms with Crippen molar-refractivity contribution < 1.29 is 14.1 Å². The van der Waals surface area contributed by atoms with Crippen LogP contribution in [0.5, 0.6) is 5.75 Å². The largest absolute Gasteiger partial charge is 0.493 e. The second-order valence-electron chi connectivity index (χ2n) is 11.1. The standard InChI is InChI=1S/C32H44N2O2S/c1-6-7-8-9-10-11-12-13-20-36-30-19-18-28(21-29(30)32(3,4)5)33-31(35)27-16-14-26(15-17-27)23-34-22-25(2)37-24-34/h14-19,21-22,24H,6-13,20,23H2,1-5H3/p+1. The molecule has 0 aliphatic carbocycles. The van der Waals surface area contributed by atoms with Crippen LogP contribution < -0.4 is 14.6 Å². The molecular formula is C32H45N2O2S+. The number of rotatable bonds is 14. The van der Waals surface area contributed by atoms with E-state index in [2.05, 4.69) is 62.3 Å². The van der Waals surface area contributed by atoms with E-state index < -0.39 is 0 Å². The molecule has 0 fully saturated rings. The number of hydrogen-bond acceptors (Lipinski definition) is 3. The van der Waals surface area contributed by atoms with Crippen LogP contribution in [0.2, 0.25) is 0 Å². The number of carbonyl (C=O) groups is 1. The van der Waals surface area contributed by atoms with Crippen LogP contribution in [0.15, 0.2) is 54.2 Å². The van der Waals surface area contributed by atoms with Crippen molar-refractivity contribution in [2.75, 3.05) is 11.9 Å². The lowest BCUT2D eigenvalue weighted by Gasteiger charge is -2.24. The first-order valence-electron chi connectivity index (χ1n) is 13.9. The van der Waals surface area contributed by atoms with E-state index in [0.717, 1.165) is 36.6 Å². The highest BCUT2D eigenvalue weighted by Gasteiger charge is 2.20. The first-order chi connectivity index (χ1) is 17.8. The summed E-state index contributed by atoms with van der Waals surface area (Å²) < 4.78 is 8.37. The third kappa shape index (κ3) is 9.62. The first kappa shape index (κ1) is 28.9. The Morgan fingerprint density at radius 1 is 0.946 bits per heavy atom. The minimum absolute atomic E-state index is 0.0886. The summed E-state index contributed by atoms with van der Waals surface area (Å²) >= 11 is 1.74. The van der Waals surface area contributed by atoms with E-state index in [4.69, 9.17) is 4.74 Å². The smallest absolute Gasteiger partial charge is 0.255 e. The van der Waals surface area contributed by atoms with E-state index in [9.17, 15) is 4.79 Å².